The zero-order valence-corrected chi connectivity index (χ0v) is 10.9. The molecule has 19 heavy (non-hydrogen) atoms. The number of nitrogens with zero attached hydrogens (tertiary/aromatic N) is 2. The fraction of sp³-hybridized carbons (Fsp3) is 0.500. The molecule has 1 aromatic rings. The quantitative estimate of drug-likeness (QED) is 0.610. The van der Waals surface area contributed by atoms with Gasteiger partial charge in [-0.1, -0.05) is 0 Å². The van der Waals surface area contributed by atoms with Gasteiger partial charge in [0.05, 0.1) is 0 Å². The Balaban J connectivity index is 1.68. The Kier molecular flexibility index (Phi) is 3.06. The van der Waals surface area contributed by atoms with Crippen molar-refractivity contribution in [3.05, 3.63) is 23.8 Å². The highest BCUT2D eigenvalue weighted by molar-refractivity contribution is 5.78. The number of amides is 1. The third-order valence-electron chi connectivity index (χ3n) is 4.08. The van der Waals surface area contributed by atoms with E-state index >= 15 is 0 Å². The number of carbonyl (C=O) groups excluding carboxylic acids is 1. The van der Waals surface area contributed by atoms with Gasteiger partial charge in [-0.3, -0.25) is 9.69 Å². The number of fused-ring (bicyclic) bond motifs is 1. The second-order valence-corrected chi connectivity index (χ2v) is 5.40. The summed E-state index contributed by atoms with van der Waals surface area (Å²) in [6.07, 6.45) is 1.64. The van der Waals surface area contributed by atoms with Gasteiger partial charge >= 0.3 is 0 Å². The van der Waals surface area contributed by atoms with Gasteiger partial charge in [-0.25, -0.2) is 0 Å². The third kappa shape index (κ3) is 2.38. The van der Waals surface area contributed by atoms with E-state index in [0.717, 1.165) is 31.6 Å². The lowest BCUT2D eigenvalue weighted by molar-refractivity contribution is -0.130. The zero-order valence-electron chi connectivity index (χ0n) is 10.9. The highest BCUT2D eigenvalue weighted by atomic mass is 16.3. The highest BCUT2D eigenvalue weighted by Gasteiger charge is 2.35. The Hall–Kier alpha value is -1.75. The molecule has 0 bridgehead atoms. The summed E-state index contributed by atoms with van der Waals surface area (Å²) in [6.45, 7) is 3.23. The number of phenols is 1. The van der Waals surface area contributed by atoms with Crippen LogP contribution in [0, 0.1) is 0 Å². The molecule has 3 N–H and O–H groups in total. The number of piperazine rings is 1. The molecule has 1 atom stereocenters. The lowest BCUT2D eigenvalue weighted by Gasteiger charge is -2.37. The van der Waals surface area contributed by atoms with Crippen molar-refractivity contribution in [3.63, 3.8) is 0 Å². The fourth-order valence-electron chi connectivity index (χ4n) is 3.05. The van der Waals surface area contributed by atoms with Crippen LogP contribution in [0.25, 0.3) is 0 Å². The second kappa shape index (κ2) is 4.74. The summed E-state index contributed by atoms with van der Waals surface area (Å²) >= 11 is 0. The van der Waals surface area contributed by atoms with Crippen molar-refractivity contribution in [1.82, 2.24) is 9.80 Å². The SMILES string of the molecule is Nc1ccc(O)c(CN2CCN3C(=O)CCC3C2)c1. The molecule has 0 aliphatic carbocycles. The smallest absolute Gasteiger partial charge is 0.222 e. The normalized spacial score (nSPS) is 23.7. The van der Waals surface area contributed by atoms with Crippen molar-refractivity contribution < 1.29 is 9.90 Å². The van der Waals surface area contributed by atoms with E-state index in [2.05, 4.69) is 4.90 Å². The first-order valence-corrected chi connectivity index (χ1v) is 6.72. The molecule has 2 aliphatic rings. The van der Waals surface area contributed by atoms with Crippen LogP contribution >= 0.6 is 0 Å². The predicted octanol–water partition coefficient (Wildman–Crippen LogP) is 0.781. The van der Waals surface area contributed by atoms with Gasteiger partial charge in [0.15, 0.2) is 0 Å². The minimum Gasteiger partial charge on any atom is -0.508 e. The third-order valence-corrected chi connectivity index (χ3v) is 4.08. The number of phenolic OH excluding ortho intramolecular Hbond substituents is 1. The molecule has 2 heterocycles. The molecule has 0 saturated carbocycles. The van der Waals surface area contributed by atoms with Crippen molar-refractivity contribution in [2.45, 2.75) is 25.4 Å². The first-order chi connectivity index (χ1) is 9.13. The first-order valence-electron chi connectivity index (χ1n) is 6.72. The number of aromatic hydroxyl groups is 1. The molecule has 5 nitrogen and oxygen atoms in total. The molecule has 2 saturated heterocycles. The molecule has 102 valence electrons. The molecule has 1 amide bonds. The number of hydrogen-bond acceptors (Lipinski definition) is 4. The maximum Gasteiger partial charge on any atom is 0.222 e. The summed E-state index contributed by atoms with van der Waals surface area (Å²) in [5.74, 6) is 0.579. The van der Waals surface area contributed by atoms with Crippen molar-refractivity contribution in [2.24, 2.45) is 0 Å². The van der Waals surface area contributed by atoms with E-state index in [1.54, 1.807) is 12.1 Å². The largest absolute Gasteiger partial charge is 0.508 e. The Morgan fingerprint density at radius 2 is 2.21 bits per heavy atom. The number of nitrogen functional groups attached to an aromatic ring is 1. The summed E-state index contributed by atoms with van der Waals surface area (Å²) < 4.78 is 0. The van der Waals surface area contributed by atoms with Gasteiger partial charge < -0.3 is 15.7 Å². The maximum atomic E-state index is 11.6. The average molecular weight is 261 g/mol. The first kappa shape index (κ1) is 12.3. The maximum absolute atomic E-state index is 11.6. The van der Waals surface area contributed by atoms with Crippen LogP contribution in [0.1, 0.15) is 18.4 Å². The van der Waals surface area contributed by atoms with Crippen molar-refractivity contribution in [2.75, 3.05) is 25.4 Å². The van der Waals surface area contributed by atoms with E-state index in [1.165, 1.54) is 0 Å². The van der Waals surface area contributed by atoms with E-state index in [1.807, 2.05) is 11.0 Å². The number of benzene rings is 1. The van der Waals surface area contributed by atoms with Gasteiger partial charge in [0.1, 0.15) is 5.75 Å². The Bertz CT molecular complexity index is 503. The van der Waals surface area contributed by atoms with Crippen LogP contribution in [0.5, 0.6) is 5.75 Å². The minimum absolute atomic E-state index is 0.288. The van der Waals surface area contributed by atoms with E-state index in [-0.39, 0.29) is 5.91 Å². The van der Waals surface area contributed by atoms with Crippen LogP contribution in [-0.4, -0.2) is 46.5 Å². The molecule has 1 unspecified atom stereocenters. The van der Waals surface area contributed by atoms with Crippen LogP contribution in [0.15, 0.2) is 18.2 Å². The summed E-state index contributed by atoms with van der Waals surface area (Å²) in [4.78, 5) is 15.9. The van der Waals surface area contributed by atoms with Gasteiger partial charge in [-0.05, 0) is 24.6 Å². The van der Waals surface area contributed by atoms with Crippen molar-refractivity contribution >= 4 is 11.6 Å². The molecule has 0 radical (unpaired) electrons. The van der Waals surface area contributed by atoms with Gasteiger partial charge in [0.25, 0.3) is 0 Å². The topological polar surface area (TPSA) is 69.8 Å². The van der Waals surface area contributed by atoms with Crippen LogP contribution < -0.4 is 5.73 Å². The Morgan fingerprint density at radius 1 is 1.37 bits per heavy atom. The lowest BCUT2D eigenvalue weighted by Crippen LogP contribution is -2.50. The molecule has 2 aliphatic heterocycles. The Labute approximate surface area is 112 Å². The summed E-state index contributed by atoms with van der Waals surface area (Å²) in [6, 6.07) is 5.51. The van der Waals surface area contributed by atoms with E-state index in [0.29, 0.717) is 30.4 Å². The molecule has 2 fully saturated rings. The molecule has 0 aromatic heterocycles. The van der Waals surface area contributed by atoms with E-state index in [4.69, 9.17) is 5.73 Å². The monoisotopic (exact) mass is 261 g/mol. The number of carbonyl (C=O) groups is 1. The molecular weight excluding hydrogens is 242 g/mol. The van der Waals surface area contributed by atoms with Gasteiger partial charge in [0, 0.05) is 49.9 Å². The summed E-state index contributed by atoms with van der Waals surface area (Å²) in [7, 11) is 0. The minimum atomic E-state index is 0.288. The van der Waals surface area contributed by atoms with Crippen molar-refractivity contribution in [3.8, 4) is 5.75 Å². The highest BCUT2D eigenvalue weighted by Crippen LogP contribution is 2.26. The molecule has 0 spiro atoms. The standard InChI is InChI=1S/C14H19N3O2/c15-11-1-3-13(18)10(7-11)8-16-5-6-17-12(9-16)2-4-14(17)19/h1,3,7,12,18H,2,4-6,8-9,15H2. The summed E-state index contributed by atoms with van der Waals surface area (Å²) in [5, 5.41) is 9.85. The van der Waals surface area contributed by atoms with Gasteiger partial charge in [-0.2, -0.15) is 0 Å². The van der Waals surface area contributed by atoms with E-state index in [9.17, 15) is 9.90 Å². The summed E-state index contributed by atoms with van der Waals surface area (Å²) in [5.41, 5.74) is 7.28. The van der Waals surface area contributed by atoms with Crippen molar-refractivity contribution in [1.29, 1.82) is 0 Å². The van der Waals surface area contributed by atoms with Gasteiger partial charge in [0.2, 0.25) is 5.91 Å². The molecular formula is C14H19N3O2. The number of rotatable bonds is 2. The molecule has 3 rings (SSSR count). The zero-order chi connectivity index (χ0) is 13.4. The number of hydrogen-bond donors (Lipinski definition) is 2. The Morgan fingerprint density at radius 3 is 3.05 bits per heavy atom. The second-order valence-electron chi connectivity index (χ2n) is 5.40. The predicted molar refractivity (Wildman–Crippen MR) is 72.5 cm³/mol. The number of anilines is 1. The fourth-order valence-corrected chi connectivity index (χ4v) is 3.05. The van der Waals surface area contributed by atoms with Crippen LogP contribution in [0.2, 0.25) is 0 Å². The lowest BCUT2D eigenvalue weighted by atomic mass is 10.1. The van der Waals surface area contributed by atoms with Crippen LogP contribution in [0.3, 0.4) is 0 Å². The molecule has 5 heteroatoms. The van der Waals surface area contributed by atoms with Gasteiger partial charge in [-0.15, -0.1) is 0 Å². The van der Waals surface area contributed by atoms with Crippen LogP contribution in [-0.2, 0) is 11.3 Å². The van der Waals surface area contributed by atoms with E-state index < -0.39 is 0 Å². The molecule has 1 aromatic carbocycles. The average Bonchev–Trinajstić information content (AvgIpc) is 2.75. The van der Waals surface area contributed by atoms with Crippen LogP contribution in [0.4, 0.5) is 5.69 Å². The number of nitrogens with two attached hydrogens (primary N) is 1.